The molecule has 0 saturated carbocycles. The number of hydrogen-bond donors (Lipinski definition) is 2. The zero-order chi connectivity index (χ0) is 16.2. The summed E-state index contributed by atoms with van der Waals surface area (Å²) in [6, 6.07) is 7.66. The highest BCUT2D eigenvalue weighted by Crippen LogP contribution is 2.30. The van der Waals surface area contributed by atoms with Gasteiger partial charge in [-0.05, 0) is 24.1 Å². The highest BCUT2D eigenvalue weighted by molar-refractivity contribution is 7.09. The van der Waals surface area contributed by atoms with E-state index in [2.05, 4.69) is 15.3 Å². The highest BCUT2D eigenvalue weighted by Gasteiger charge is 2.33. The lowest BCUT2D eigenvalue weighted by atomic mass is 10.1. The summed E-state index contributed by atoms with van der Waals surface area (Å²) in [5, 5.41) is 4.14. The predicted octanol–water partition coefficient (Wildman–Crippen LogP) is 3.65. The van der Waals surface area contributed by atoms with Crippen LogP contribution in [0.3, 0.4) is 0 Å². The number of alkyl halides is 3. The van der Waals surface area contributed by atoms with Crippen LogP contribution in [0.4, 0.5) is 18.9 Å². The van der Waals surface area contributed by atoms with Gasteiger partial charge in [0.25, 0.3) is 0 Å². The molecule has 3 N–H and O–H groups in total. The van der Waals surface area contributed by atoms with E-state index in [4.69, 9.17) is 5.73 Å². The van der Waals surface area contributed by atoms with E-state index in [1.165, 1.54) is 0 Å². The van der Waals surface area contributed by atoms with Gasteiger partial charge in [-0.1, -0.05) is 19.1 Å². The molecule has 118 valence electrons. The predicted molar refractivity (Wildman–Crippen MR) is 81.9 cm³/mol. The summed E-state index contributed by atoms with van der Waals surface area (Å²) in [4.78, 5) is 7.50. The number of rotatable bonds is 4. The average molecular weight is 328 g/mol. The number of halogens is 3. The lowest BCUT2D eigenvalue weighted by Crippen LogP contribution is -2.22. The Morgan fingerprint density at radius 1 is 1.41 bits per heavy atom. The molecule has 0 aliphatic rings. The largest absolute Gasteiger partial charge is 0.434 e. The fraction of sp³-hybridized carbons (Fsp3) is 0.286. The minimum Gasteiger partial charge on any atom is -0.370 e. The number of nitrogens with two attached hydrogens (primary N) is 1. The average Bonchev–Trinajstić information content (AvgIpc) is 2.94. The smallest absolute Gasteiger partial charge is 0.370 e. The van der Waals surface area contributed by atoms with Crippen molar-refractivity contribution in [3.63, 3.8) is 0 Å². The molecule has 0 aliphatic heterocycles. The first-order chi connectivity index (χ1) is 10.4. The molecule has 0 radical (unpaired) electrons. The van der Waals surface area contributed by atoms with Crippen LogP contribution >= 0.6 is 11.3 Å². The lowest BCUT2D eigenvalue weighted by Gasteiger charge is -2.06. The van der Waals surface area contributed by atoms with Crippen molar-refractivity contribution in [3.8, 4) is 0 Å². The summed E-state index contributed by atoms with van der Waals surface area (Å²) in [6.45, 7) is 2.05. The molecule has 0 atom stereocenters. The van der Waals surface area contributed by atoms with E-state index in [0.717, 1.165) is 34.4 Å². The summed E-state index contributed by atoms with van der Waals surface area (Å²) in [5.74, 6) is 0.136. The fourth-order valence-electron chi connectivity index (χ4n) is 1.72. The van der Waals surface area contributed by atoms with Gasteiger partial charge in [0.1, 0.15) is 5.01 Å². The Hall–Kier alpha value is -2.09. The molecule has 0 amide bonds. The number of aliphatic imine (C=N–C) groups is 1. The Kier molecular flexibility index (Phi) is 5.02. The van der Waals surface area contributed by atoms with Crippen molar-refractivity contribution in [2.24, 2.45) is 10.7 Å². The highest BCUT2D eigenvalue weighted by atomic mass is 32.1. The molecule has 0 saturated heterocycles. The molecule has 1 aromatic heterocycles. The third-order valence-electron chi connectivity index (χ3n) is 2.83. The molecule has 0 fully saturated rings. The molecular formula is C14H15F3N4S. The van der Waals surface area contributed by atoms with Crippen LogP contribution in [0, 0.1) is 0 Å². The van der Waals surface area contributed by atoms with Crippen LogP contribution in [0.2, 0.25) is 0 Å². The van der Waals surface area contributed by atoms with E-state index in [1.54, 1.807) is 0 Å². The van der Waals surface area contributed by atoms with Crippen molar-refractivity contribution in [1.82, 2.24) is 4.98 Å². The molecule has 0 spiro atoms. The van der Waals surface area contributed by atoms with Crippen molar-refractivity contribution in [3.05, 3.63) is 45.9 Å². The van der Waals surface area contributed by atoms with Gasteiger partial charge in [0, 0.05) is 11.1 Å². The molecular weight excluding hydrogens is 313 g/mol. The Balaban J connectivity index is 1.99. The second-order valence-electron chi connectivity index (χ2n) is 4.50. The van der Waals surface area contributed by atoms with Crippen molar-refractivity contribution in [2.75, 3.05) is 5.32 Å². The molecule has 1 heterocycles. The number of thiazole rings is 1. The second kappa shape index (κ2) is 6.78. The van der Waals surface area contributed by atoms with Crippen molar-refractivity contribution >= 4 is 23.0 Å². The van der Waals surface area contributed by atoms with Gasteiger partial charge in [-0.2, -0.15) is 13.2 Å². The van der Waals surface area contributed by atoms with Gasteiger partial charge in [-0.25, -0.2) is 9.98 Å². The number of guanidine groups is 1. The number of aromatic nitrogens is 1. The van der Waals surface area contributed by atoms with E-state index in [1.807, 2.05) is 31.2 Å². The van der Waals surface area contributed by atoms with Gasteiger partial charge in [0.15, 0.2) is 11.7 Å². The molecule has 22 heavy (non-hydrogen) atoms. The molecule has 0 bridgehead atoms. The van der Waals surface area contributed by atoms with Crippen LogP contribution < -0.4 is 11.1 Å². The standard InChI is InChI=1S/C14H15F3N4S/c1-2-9-4-3-5-10(6-9)20-13(18)19-7-12-21-11(8-22-12)14(15,16)17/h3-6,8H,2,7H2,1H3,(H3,18,19,20). The van der Waals surface area contributed by atoms with Gasteiger partial charge in [-0.3, -0.25) is 0 Å². The summed E-state index contributed by atoms with van der Waals surface area (Å²) in [6.07, 6.45) is -3.53. The number of aryl methyl sites for hydroxylation is 1. The van der Waals surface area contributed by atoms with Crippen LogP contribution in [0.15, 0.2) is 34.6 Å². The molecule has 0 aliphatic carbocycles. The first kappa shape index (κ1) is 16.3. The van der Waals surface area contributed by atoms with Crippen LogP contribution in [0.1, 0.15) is 23.2 Å². The first-order valence-electron chi connectivity index (χ1n) is 6.56. The lowest BCUT2D eigenvalue weighted by molar-refractivity contribution is -0.140. The normalized spacial score (nSPS) is 12.5. The minimum absolute atomic E-state index is 0.00699. The maximum atomic E-state index is 12.4. The van der Waals surface area contributed by atoms with E-state index < -0.39 is 11.9 Å². The van der Waals surface area contributed by atoms with E-state index in [0.29, 0.717) is 0 Å². The van der Waals surface area contributed by atoms with Crippen LogP contribution in [-0.4, -0.2) is 10.9 Å². The molecule has 1 aromatic carbocycles. The Morgan fingerprint density at radius 3 is 2.82 bits per heavy atom. The van der Waals surface area contributed by atoms with Crippen LogP contribution in [0.5, 0.6) is 0 Å². The third kappa shape index (κ3) is 4.45. The number of nitrogens with zero attached hydrogens (tertiary/aromatic N) is 2. The van der Waals surface area contributed by atoms with Gasteiger partial charge < -0.3 is 11.1 Å². The SMILES string of the molecule is CCc1cccc(NC(N)=NCc2nc(C(F)(F)F)cs2)c1. The van der Waals surface area contributed by atoms with Crippen molar-refractivity contribution in [1.29, 1.82) is 0 Å². The summed E-state index contributed by atoms with van der Waals surface area (Å²) in [5.41, 5.74) is 6.77. The van der Waals surface area contributed by atoms with Gasteiger partial charge in [0.05, 0.1) is 6.54 Å². The Bertz CT molecular complexity index is 664. The zero-order valence-corrected chi connectivity index (χ0v) is 12.6. The topological polar surface area (TPSA) is 63.3 Å². The fourth-order valence-corrected chi connectivity index (χ4v) is 2.45. The minimum atomic E-state index is -4.43. The second-order valence-corrected chi connectivity index (χ2v) is 5.45. The Morgan fingerprint density at radius 2 is 2.18 bits per heavy atom. The van der Waals surface area contributed by atoms with E-state index in [-0.39, 0.29) is 17.5 Å². The molecule has 2 aromatic rings. The number of nitrogens with one attached hydrogen (secondary N) is 1. The summed E-state index contributed by atoms with van der Waals surface area (Å²) in [7, 11) is 0. The molecule has 2 rings (SSSR count). The maximum Gasteiger partial charge on any atom is 0.434 e. The Labute approximate surface area is 129 Å². The zero-order valence-electron chi connectivity index (χ0n) is 11.8. The van der Waals surface area contributed by atoms with Crippen LogP contribution in [-0.2, 0) is 19.1 Å². The molecule has 8 heteroatoms. The maximum absolute atomic E-state index is 12.4. The van der Waals surface area contributed by atoms with Crippen molar-refractivity contribution < 1.29 is 13.2 Å². The van der Waals surface area contributed by atoms with Crippen LogP contribution in [0.25, 0.3) is 0 Å². The van der Waals surface area contributed by atoms with Gasteiger partial charge in [0.2, 0.25) is 0 Å². The van der Waals surface area contributed by atoms with E-state index >= 15 is 0 Å². The van der Waals surface area contributed by atoms with Gasteiger partial charge in [-0.15, -0.1) is 11.3 Å². The third-order valence-corrected chi connectivity index (χ3v) is 3.67. The summed E-state index contributed by atoms with van der Waals surface area (Å²) >= 11 is 0.909. The van der Waals surface area contributed by atoms with Gasteiger partial charge >= 0.3 is 6.18 Å². The number of benzene rings is 1. The number of hydrogen-bond acceptors (Lipinski definition) is 3. The number of anilines is 1. The molecule has 4 nitrogen and oxygen atoms in total. The van der Waals surface area contributed by atoms with Crippen molar-refractivity contribution in [2.45, 2.75) is 26.1 Å². The molecule has 0 unspecified atom stereocenters. The summed E-state index contributed by atoms with van der Waals surface area (Å²) < 4.78 is 37.3. The first-order valence-corrected chi connectivity index (χ1v) is 7.44. The quantitative estimate of drug-likeness (QED) is 0.665. The van der Waals surface area contributed by atoms with E-state index in [9.17, 15) is 13.2 Å². The monoisotopic (exact) mass is 328 g/mol.